The smallest absolute Gasteiger partial charge is 0.264 e. The lowest BCUT2D eigenvalue weighted by molar-refractivity contribution is -0.116. The van der Waals surface area contributed by atoms with Gasteiger partial charge in [-0.15, -0.1) is 10.2 Å². The maximum atomic E-state index is 12.7. The van der Waals surface area contributed by atoms with Crippen LogP contribution in [-0.4, -0.2) is 20.7 Å². The number of para-hydroxylation sites is 1. The van der Waals surface area contributed by atoms with Crippen LogP contribution in [-0.2, 0) is 11.3 Å². The molecule has 0 bridgehead atoms. The van der Waals surface area contributed by atoms with Gasteiger partial charge >= 0.3 is 0 Å². The highest BCUT2D eigenvalue weighted by molar-refractivity contribution is 5.93. The van der Waals surface area contributed by atoms with Gasteiger partial charge in [0.15, 0.2) is 0 Å². The number of aromatic nitrogens is 3. The number of amides is 1. The van der Waals surface area contributed by atoms with Crippen LogP contribution in [0.15, 0.2) is 52.9 Å². The molecular weight excluding hydrogens is 340 g/mol. The third-order valence-corrected chi connectivity index (χ3v) is 4.36. The van der Waals surface area contributed by atoms with Gasteiger partial charge in [0.05, 0.1) is 0 Å². The standard InChI is InChI=1S/C21H20N4O2/c1-13-8-14(2)10-17(9-13)22-20(26)12-25-18-7-5-4-6-16(18)11-19(25)21-24-23-15(3)27-21/h4-11H,12H2,1-3H3,(H,22,26). The average Bonchev–Trinajstić information content (AvgIpc) is 3.18. The van der Waals surface area contributed by atoms with Crippen LogP contribution in [0, 0.1) is 20.8 Å². The van der Waals surface area contributed by atoms with E-state index in [9.17, 15) is 4.79 Å². The third-order valence-electron chi connectivity index (χ3n) is 4.36. The average molecular weight is 360 g/mol. The highest BCUT2D eigenvalue weighted by atomic mass is 16.4. The van der Waals surface area contributed by atoms with Gasteiger partial charge in [0.1, 0.15) is 12.2 Å². The van der Waals surface area contributed by atoms with Crippen LogP contribution in [0.25, 0.3) is 22.5 Å². The quantitative estimate of drug-likeness (QED) is 0.590. The Morgan fingerprint density at radius 3 is 2.48 bits per heavy atom. The Kier molecular flexibility index (Phi) is 4.24. The van der Waals surface area contributed by atoms with Gasteiger partial charge in [-0.05, 0) is 49.2 Å². The summed E-state index contributed by atoms with van der Waals surface area (Å²) in [5, 5.41) is 12.0. The molecule has 2 aromatic carbocycles. The van der Waals surface area contributed by atoms with Crippen LogP contribution >= 0.6 is 0 Å². The fourth-order valence-corrected chi connectivity index (χ4v) is 3.35. The molecule has 2 heterocycles. The monoisotopic (exact) mass is 360 g/mol. The number of carbonyl (C=O) groups is 1. The van der Waals surface area contributed by atoms with E-state index in [1.165, 1.54) is 0 Å². The number of fused-ring (bicyclic) bond motifs is 1. The lowest BCUT2D eigenvalue weighted by Gasteiger charge is -2.11. The van der Waals surface area contributed by atoms with Crippen molar-refractivity contribution in [3.05, 3.63) is 65.5 Å². The van der Waals surface area contributed by atoms with E-state index < -0.39 is 0 Å². The van der Waals surface area contributed by atoms with E-state index in [1.54, 1.807) is 6.92 Å². The zero-order valence-corrected chi connectivity index (χ0v) is 15.5. The molecule has 0 radical (unpaired) electrons. The van der Waals surface area contributed by atoms with Gasteiger partial charge < -0.3 is 14.3 Å². The minimum Gasteiger partial charge on any atom is -0.420 e. The molecule has 0 fully saturated rings. The molecule has 0 aliphatic rings. The Morgan fingerprint density at radius 2 is 1.78 bits per heavy atom. The summed E-state index contributed by atoms with van der Waals surface area (Å²) < 4.78 is 7.50. The number of hydrogen-bond acceptors (Lipinski definition) is 4. The number of nitrogens with one attached hydrogen (secondary N) is 1. The predicted octanol–water partition coefficient (Wildman–Crippen LogP) is 4.26. The third kappa shape index (κ3) is 3.46. The Balaban J connectivity index is 1.69. The second-order valence-corrected chi connectivity index (χ2v) is 6.73. The summed E-state index contributed by atoms with van der Waals surface area (Å²) in [6.45, 7) is 5.92. The van der Waals surface area contributed by atoms with Gasteiger partial charge in [-0.3, -0.25) is 4.79 Å². The summed E-state index contributed by atoms with van der Waals surface area (Å²) in [6.07, 6.45) is 0. The second kappa shape index (κ2) is 6.72. The van der Waals surface area contributed by atoms with E-state index in [2.05, 4.69) is 21.6 Å². The highest BCUT2D eigenvalue weighted by Crippen LogP contribution is 2.27. The maximum absolute atomic E-state index is 12.7. The lowest BCUT2D eigenvalue weighted by atomic mass is 10.1. The summed E-state index contributed by atoms with van der Waals surface area (Å²) in [5.74, 6) is 0.781. The van der Waals surface area contributed by atoms with Crippen molar-refractivity contribution in [2.24, 2.45) is 0 Å². The van der Waals surface area contributed by atoms with E-state index in [1.807, 2.05) is 60.9 Å². The second-order valence-electron chi connectivity index (χ2n) is 6.73. The van der Waals surface area contributed by atoms with Crippen molar-refractivity contribution < 1.29 is 9.21 Å². The summed E-state index contributed by atoms with van der Waals surface area (Å²) >= 11 is 0. The molecule has 6 nitrogen and oxygen atoms in total. The van der Waals surface area contributed by atoms with Crippen LogP contribution in [0.3, 0.4) is 0 Å². The van der Waals surface area contributed by atoms with E-state index in [0.29, 0.717) is 11.8 Å². The predicted molar refractivity (Wildman–Crippen MR) is 105 cm³/mol. The molecule has 27 heavy (non-hydrogen) atoms. The topological polar surface area (TPSA) is 73.0 Å². The van der Waals surface area contributed by atoms with Gasteiger partial charge in [0.25, 0.3) is 5.89 Å². The van der Waals surface area contributed by atoms with Gasteiger partial charge in [-0.2, -0.15) is 0 Å². The van der Waals surface area contributed by atoms with Crippen LogP contribution < -0.4 is 5.32 Å². The fourth-order valence-electron chi connectivity index (χ4n) is 3.35. The first-order chi connectivity index (χ1) is 13.0. The van der Waals surface area contributed by atoms with Gasteiger partial charge in [0, 0.05) is 23.5 Å². The van der Waals surface area contributed by atoms with Gasteiger partial charge in [0.2, 0.25) is 11.8 Å². The fraction of sp³-hybridized carbons (Fsp3) is 0.190. The molecule has 0 aliphatic heterocycles. The number of anilines is 1. The molecule has 0 saturated heterocycles. The van der Waals surface area contributed by atoms with Crippen LogP contribution in [0.5, 0.6) is 0 Å². The first-order valence-electron chi connectivity index (χ1n) is 8.76. The Labute approximate surface area is 156 Å². The van der Waals surface area contributed by atoms with Crippen LogP contribution in [0.1, 0.15) is 17.0 Å². The van der Waals surface area contributed by atoms with Crippen molar-refractivity contribution in [2.45, 2.75) is 27.3 Å². The van der Waals surface area contributed by atoms with Crippen molar-refractivity contribution >= 4 is 22.5 Å². The number of rotatable bonds is 4. The van der Waals surface area contributed by atoms with Gasteiger partial charge in [-0.1, -0.05) is 24.3 Å². The first kappa shape index (κ1) is 17.0. The molecule has 0 spiro atoms. The maximum Gasteiger partial charge on any atom is 0.264 e. The number of carbonyl (C=O) groups excluding carboxylic acids is 1. The van der Waals surface area contributed by atoms with E-state index in [-0.39, 0.29) is 12.5 Å². The molecule has 4 rings (SSSR count). The van der Waals surface area contributed by atoms with Crippen molar-refractivity contribution in [1.82, 2.24) is 14.8 Å². The zero-order chi connectivity index (χ0) is 19.0. The summed E-state index contributed by atoms with van der Waals surface area (Å²) in [5.41, 5.74) is 4.69. The molecule has 2 aromatic heterocycles. The molecule has 0 unspecified atom stereocenters. The minimum absolute atomic E-state index is 0.112. The van der Waals surface area contributed by atoms with Crippen LogP contribution in [0.4, 0.5) is 5.69 Å². The highest BCUT2D eigenvalue weighted by Gasteiger charge is 2.17. The van der Waals surface area contributed by atoms with Crippen molar-refractivity contribution in [3.8, 4) is 11.6 Å². The number of aryl methyl sites for hydroxylation is 3. The molecule has 4 aromatic rings. The SMILES string of the molecule is Cc1cc(C)cc(NC(=O)Cn2c(-c3nnc(C)o3)cc3ccccc32)c1. The summed E-state index contributed by atoms with van der Waals surface area (Å²) in [6, 6.07) is 15.8. The molecule has 0 saturated carbocycles. The molecule has 136 valence electrons. The number of benzene rings is 2. The van der Waals surface area contributed by atoms with E-state index in [4.69, 9.17) is 4.42 Å². The zero-order valence-electron chi connectivity index (χ0n) is 15.5. The Bertz CT molecular complexity index is 1120. The van der Waals surface area contributed by atoms with Gasteiger partial charge in [-0.25, -0.2) is 0 Å². The van der Waals surface area contributed by atoms with E-state index in [0.717, 1.165) is 33.4 Å². The summed E-state index contributed by atoms with van der Waals surface area (Å²) in [7, 11) is 0. The lowest BCUT2D eigenvalue weighted by Crippen LogP contribution is -2.19. The van der Waals surface area contributed by atoms with Crippen molar-refractivity contribution in [3.63, 3.8) is 0 Å². The normalized spacial score (nSPS) is 11.1. The van der Waals surface area contributed by atoms with Crippen LogP contribution in [0.2, 0.25) is 0 Å². The first-order valence-corrected chi connectivity index (χ1v) is 8.76. The molecule has 0 aliphatic carbocycles. The number of hydrogen-bond donors (Lipinski definition) is 1. The van der Waals surface area contributed by atoms with Crippen molar-refractivity contribution in [1.29, 1.82) is 0 Å². The van der Waals surface area contributed by atoms with E-state index >= 15 is 0 Å². The molecular formula is C21H20N4O2. The largest absolute Gasteiger partial charge is 0.420 e. The summed E-state index contributed by atoms with van der Waals surface area (Å²) in [4.78, 5) is 12.7. The minimum atomic E-state index is -0.112. The molecule has 1 amide bonds. The number of nitrogens with zero attached hydrogens (tertiary/aromatic N) is 3. The molecule has 0 atom stereocenters. The van der Waals surface area contributed by atoms with Crippen molar-refractivity contribution in [2.75, 3.05) is 5.32 Å². The molecule has 6 heteroatoms. The Morgan fingerprint density at radius 1 is 1.04 bits per heavy atom. The molecule has 1 N–H and O–H groups in total. The Hall–Kier alpha value is -3.41.